The smallest absolute Gasteiger partial charge is 0.264 e. The van der Waals surface area contributed by atoms with Gasteiger partial charge in [0.15, 0.2) is 0 Å². The molecule has 0 saturated heterocycles. The molecular weight excluding hydrogens is 206 g/mol. The summed E-state index contributed by atoms with van der Waals surface area (Å²) < 4.78 is 5.34. The number of benzene rings is 1. The summed E-state index contributed by atoms with van der Waals surface area (Å²) in [5.74, 6) is 0.850. The maximum absolute atomic E-state index is 10.7. The molecule has 0 spiro atoms. The van der Waals surface area contributed by atoms with Crippen LogP contribution in [0, 0.1) is 11.3 Å². The Morgan fingerprint density at radius 1 is 1.19 bits per heavy atom. The van der Waals surface area contributed by atoms with Crippen molar-refractivity contribution in [3.8, 4) is 17.7 Å². The number of hydrogen-bond donors (Lipinski definition) is 1. The Balaban J connectivity index is 2.18. The first kappa shape index (κ1) is 9.93. The minimum Gasteiger partial charge on any atom is -0.438 e. The molecule has 0 bridgehead atoms. The van der Waals surface area contributed by atoms with Crippen molar-refractivity contribution < 1.29 is 4.74 Å². The molecule has 0 unspecified atom stereocenters. The summed E-state index contributed by atoms with van der Waals surface area (Å²) in [5, 5.41) is 14.6. The molecule has 1 aromatic heterocycles. The van der Waals surface area contributed by atoms with Crippen molar-refractivity contribution in [1.29, 1.82) is 5.26 Å². The molecule has 16 heavy (non-hydrogen) atoms. The lowest BCUT2D eigenvalue weighted by Gasteiger charge is -2.02. The Hall–Kier alpha value is -2.61. The summed E-state index contributed by atoms with van der Waals surface area (Å²) in [5.41, 5.74) is 0.272. The third-order valence-corrected chi connectivity index (χ3v) is 1.86. The average molecular weight is 213 g/mol. The summed E-state index contributed by atoms with van der Waals surface area (Å²) in [6.07, 6.45) is 0. The second kappa shape index (κ2) is 4.28. The van der Waals surface area contributed by atoms with Crippen LogP contribution in [-0.4, -0.2) is 10.2 Å². The lowest BCUT2D eigenvalue weighted by atomic mass is 10.2. The number of rotatable bonds is 2. The third-order valence-electron chi connectivity index (χ3n) is 1.86. The molecule has 0 atom stereocenters. The van der Waals surface area contributed by atoms with E-state index in [2.05, 4.69) is 10.2 Å². The molecule has 1 aromatic carbocycles. The van der Waals surface area contributed by atoms with Gasteiger partial charge >= 0.3 is 0 Å². The Kier molecular flexibility index (Phi) is 2.65. The Morgan fingerprint density at radius 3 is 2.50 bits per heavy atom. The van der Waals surface area contributed by atoms with Gasteiger partial charge in [-0.25, -0.2) is 5.10 Å². The number of ether oxygens (including phenoxy) is 1. The highest BCUT2D eigenvalue weighted by Gasteiger charge is 1.98. The lowest BCUT2D eigenvalue weighted by Crippen LogP contribution is -2.05. The monoisotopic (exact) mass is 213 g/mol. The first-order valence-corrected chi connectivity index (χ1v) is 4.52. The van der Waals surface area contributed by atoms with Crippen LogP contribution in [0.3, 0.4) is 0 Å². The molecule has 0 amide bonds. The highest BCUT2D eigenvalue weighted by molar-refractivity contribution is 5.35. The molecule has 0 radical (unpaired) electrons. The average Bonchev–Trinajstić information content (AvgIpc) is 2.33. The molecule has 2 aromatic rings. The van der Waals surface area contributed by atoms with Crippen LogP contribution in [0.2, 0.25) is 0 Å². The van der Waals surface area contributed by atoms with Crippen molar-refractivity contribution in [3.05, 3.63) is 52.3 Å². The van der Waals surface area contributed by atoms with Crippen molar-refractivity contribution >= 4 is 0 Å². The maximum Gasteiger partial charge on any atom is 0.264 e. The van der Waals surface area contributed by atoms with Gasteiger partial charge in [0.2, 0.25) is 5.88 Å². The second-order valence-electron chi connectivity index (χ2n) is 3.00. The van der Waals surface area contributed by atoms with Crippen LogP contribution < -0.4 is 10.3 Å². The van der Waals surface area contributed by atoms with Crippen LogP contribution in [-0.2, 0) is 0 Å². The number of aromatic amines is 1. The van der Waals surface area contributed by atoms with E-state index in [-0.39, 0.29) is 5.56 Å². The molecule has 0 fully saturated rings. The predicted molar refractivity (Wildman–Crippen MR) is 56.1 cm³/mol. The fourth-order valence-electron chi connectivity index (χ4n) is 1.11. The van der Waals surface area contributed by atoms with E-state index in [0.717, 1.165) is 0 Å². The van der Waals surface area contributed by atoms with Gasteiger partial charge in [0.05, 0.1) is 11.6 Å². The largest absolute Gasteiger partial charge is 0.438 e. The number of nitrogens with one attached hydrogen (secondary N) is 1. The third kappa shape index (κ3) is 2.25. The van der Waals surface area contributed by atoms with Crippen molar-refractivity contribution in [3.63, 3.8) is 0 Å². The van der Waals surface area contributed by atoms with Gasteiger partial charge in [0, 0.05) is 12.1 Å². The molecule has 5 nitrogen and oxygen atoms in total. The molecule has 2 rings (SSSR count). The number of H-pyrrole nitrogens is 1. The number of nitriles is 1. The van der Waals surface area contributed by atoms with Crippen LogP contribution in [0.4, 0.5) is 0 Å². The van der Waals surface area contributed by atoms with Gasteiger partial charge in [0.1, 0.15) is 5.75 Å². The first-order valence-electron chi connectivity index (χ1n) is 4.52. The van der Waals surface area contributed by atoms with Crippen molar-refractivity contribution in [2.24, 2.45) is 0 Å². The van der Waals surface area contributed by atoms with E-state index in [1.54, 1.807) is 24.3 Å². The van der Waals surface area contributed by atoms with Gasteiger partial charge in [-0.3, -0.25) is 4.79 Å². The quantitative estimate of drug-likeness (QED) is 0.818. The van der Waals surface area contributed by atoms with E-state index >= 15 is 0 Å². The minimum absolute atomic E-state index is 0.285. The Bertz CT molecular complexity index is 561. The Morgan fingerprint density at radius 2 is 1.94 bits per heavy atom. The molecule has 0 saturated carbocycles. The summed E-state index contributed by atoms with van der Waals surface area (Å²) in [7, 11) is 0. The molecular formula is C11H7N3O2. The zero-order chi connectivity index (χ0) is 11.4. The Labute approximate surface area is 90.9 Å². The molecule has 0 aliphatic heterocycles. The number of nitrogens with zero attached hydrogens (tertiary/aromatic N) is 2. The van der Waals surface area contributed by atoms with Crippen molar-refractivity contribution in [1.82, 2.24) is 10.2 Å². The van der Waals surface area contributed by atoms with Gasteiger partial charge in [-0.05, 0) is 24.3 Å². The summed E-state index contributed by atoms with van der Waals surface area (Å²) in [6, 6.07) is 11.4. The van der Waals surface area contributed by atoms with E-state index in [0.29, 0.717) is 17.2 Å². The van der Waals surface area contributed by atoms with Gasteiger partial charge in [-0.1, -0.05) is 0 Å². The number of aromatic nitrogens is 2. The molecule has 78 valence electrons. The zero-order valence-corrected chi connectivity index (χ0v) is 8.18. The van der Waals surface area contributed by atoms with Crippen LogP contribution >= 0.6 is 0 Å². The van der Waals surface area contributed by atoms with Gasteiger partial charge in [0.25, 0.3) is 5.56 Å². The van der Waals surface area contributed by atoms with E-state index < -0.39 is 0 Å². The standard InChI is InChI=1S/C11H7N3O2/c12-7-8-1-3-9(4-2-8)16-11-6-5-10(15)13-14-11/h1-6H,(H,13,15). The van der Waals surface area contributed by atoms with Crippen LogP contribution in [0.25, 0.3) is 0 Å². The summed E-state index contributed by atoms with van der Waals surface area (Å²) >= 11 is 0. The number of hydrogen-bond acceptors (Lipinski definition) is 4. The van der Waals surface area contributed by atoms with Gasteiger partial charge in [-0.2, -0.15) is 5.26 Å². The van der Waals surface area contributed by atoms with Crippen molar-refractivity contribution in [2.45, 2.75) is 0 Å². The van der Waals surface area contributed by atoms with E-state index in [4.69, 9.17) is 10.00 Å². The minimum atomic E-state index is -0.285. The predicted octanol–water partition coefficient (Wildman–Crippen LogP) is 1.43. The van der Waals surface area contributed by atoms with Crippen LogP contribution in [0.15, 0.2) is 41.2 Å². The van der Waals surface area contributed by atoms with Gasteiger partial charge < -0.3 is 4.74 Å². The molecule has 0 aliphatic rings. The molecule has 0 aliphatic carbocycles. The lowest BCUT2D eigenvalue weighted by molar-refractivity contribution is 0.454. The topological polar surface area (TPSA) is 78.8 Å². The van der Waals surface area contributed by atoms with Crippen molar-refractivity contribution in [2.75, 3.05) is 0 Å². The summed E-state index contributed by atoms with van der Waals surface area (Å²) in [4.78, 5) is 10.7. The SMILES string of the molecule is N#Cc1ccc(Oc2ccc(=O)[nH]n2)cc1. The van der Waals surface area contributed by atoms with Crippen LogP contribution in [0.5, 0.6) is 11.6 Å². The highest BCUT2D eigenvalue weighted by Crippen LogP contribution is 2.17. The van der Waals surface area contributed by atoms with Crippen LogP contribution in [0.1, 0.15) is 5.56 Å². The molecule has 1 N–H and O–H groups in total. The highest BCUT2D eigenvalue weighted by atomic mass is 16.5. The zero-order valence-electron chi connectivity index (χ0n) is 8.18. The fourth-order valence-corrected chi connectivity index (χ4v) is 1.11. The molecule has 5 heteroatoms. The summed E-state index contributed by atoms with van der Waals surface area (Å²) in [6.45, 7) is 0. The van der Waals surface area contributed by atoms with E-state index in [9.17, 15) is 4.79 Å². The normalized spacial score (nSPS) is 9.44. The van der Waals surface area contributed by atoms with E-state index in [1.165, 1.54) is 12.1 Å². The first-order chi connectivity index (χ1) is 7.78. The maximum atomic E-state index is 10.7. The van der Waals surface area contributed by atoms with Gasteiger partial charge in [-0.15, -0.1) is 5.10 Å². The molecule has 1 heterocycles. The van der Waals surface area contributed by atoms with E-state index in [1.807, 2.05) is 6.07 Å². The second-order valence-corrected chi connectivity index (χ2v) is 3.00. The fraction of sp³-hybridized carbons (Fsp3) is 0.